The lowest BCUT2D eigenvalue weighted by molar-refractivity contribution is -0.180. The van der Waals surface area contributed by atoms with Crippen molar-refractivity contribution in [2.45, 2.75) is 19.1 Å². The Morgan fingerprint density at radius 3 is 2.50 bits per heavy atom. The van der Waals surface area contributed by atoms with Crippen molar-refractivity contribution in [3.8, 4) is 0 Å². The fourth-order valence-electron chi connectivity index (χ4n) is 1.94. The van der Waals surface area contributed by atoms with E-state index in [4.69, 9.17) is 4.74 Å². The Balaban J connectivity index is 2.20. The summed E-state index contributed by atoms with van der Waals surface area (Å²) in [6.07, 6.45) is -0.662. The Labute approximate surface area is 93.8 Å². The lowest BCUT2D eigenvalue weighted by Gasteiger charge is -2.43. The first-order chi connectivity index (χ1) is 7.61. The largest absolute Gasteiger partial charge is 0.450 e. The molecule has 2 atom stereocenters. The molecule has 0 N–H and O–H groups in total. The van der Waals surface area contributed by atoms with Crippen LogP contribution in [0.4, 0.5) is 0 Å². The third kappa shape index (κ3) is 1.66. The number of hydrogen-bond acceptors (Lipinski definition) is 3. The molecule has 0 spiro atoms. The lowest BCUT2D eigenvalue weighted by Crippen LogP contribution is -2.58. The van der Waals surface area contributed by atoms with Crippen LogP contribution in [0.5, 0.6) is 0 Å². The highest BCUT2D eigenvalue weighted by atomic mass is 16.6. The molecule has 0 aliphatic carbocycles. The molecule has 4 heteroatoms. The number of hydrogen-bond donors (Lipinski definition) is 0. The molecular formula is C12H13NO3. The van der Waals surface area contributed by atoms with Crippen LogP contribution >= 0.6 is 0 Å². The molecule has 1 amide bonds. The average Bonchev–Trinajstić information content (AvgIpc) is 2.29. The molecule has 0 bridgehead atoms. The molecule has 1 aromatic rings. The molecular weight excluding hydrogens is 206 g/mol. The third-order valence-corrected chi connectivity index (χ3v) is 2.73. The summed E-state index contributed by atoms with van der Waals surface area (Å²) in [5.41, 5.74) is 0.982. The van der Waals surface area contributed by atoms with Gasteiger partial charge in [-0.15, -0.1) is 0 Å². The maximum Gasteiger partial charge on any atom is 0.303 e. The Hall–Kier alpha value is -1.84. The van der Waals surface area contributed by atoms with Crippen molar-refractivity contribution in [1.82, 2.24) is 4.90 Å². The van der Waals surface area contributed by atoms with E-state index in [9.17, 15) is 9.59 Å². The maximum atomic E-state index is 11.5. The normalized spacial score (nSPS) is 23.9. The van der Waals surface area contributed by atoms with Gasteiger partial charge in [-0.1, -0.05) is 30.3 Å². The zero-order chi connectivity index (χ0) is 11.7. The quantitative estimate of drug-likeness (QED) is 0.553. The molecule has 16 heavy (non-hydrogen) atoms. The van der Waals surface area contributed by atoms with Gasteiger partial charge in [0.2, 0.25) is 6.10 Å². The second kappa shape index (κ2) is 3.96. The molecule has 1 aromatic carbocycles. The van der Waals surface area contributed by atoms with Crippen molar-refractivity contribution < 1.29 is 14.3 Å². The summed E-state index contributed by atoms with van der Waals surface area (Å²) in [6, 6.07) is 9.39. The van der Waals surface area contributed by atoms with E-state index < -0.39 is 12.1 Å². The number of likely N-dealkylation sites (N-methyl/N-ethyl adjacent to an activating group) is 1. The van der Waals surface area contributed by atoms with Gasteiger partial charge in [0.1, 0.15) is 6.04 Å². The minimum Gasteiger partial charge on any atom is -0.450 e. The number of esters is 1. The van der Waals surface area contributed by atoms with Crippen LogP contribution in [-0.4, -0.2) is 29.9 Å². The van der Waals surface area contributed by atoms with E-state index in [1.807, 2.05) is 30.3 Å². The van der Waals surface area contributed by atoms with E-state index in [1.54, 1.807) is 11.9 Å². The Morgan fingerprint density at radius 1 is 1.31 bits per heavy atom. The summed E-state index contributed by atoms with van der Waals surface area (Å²) < 4.78 is 5.01. The van der Waals surface area contributed by atoms with E-state index in [2.05, 4.69) is 0 Å². The fourth-order valence-corrected chi connectivity index (χ4v) is 1.94. The predicted octanol–water partition coefficient (Wildman–Crippen LogP) is 1.13. The lowest BCUT2D eigenvalue weighted by atomic mass is 9.91. The number of benzene rings is 1. The molecule has 1 fully saturated rings. The van der Waals surface area contributed by atoms with Crippen molar-refractivity contribution in [1.29, 1.82) is 0 Å². The zero-order valence-corrected chi connectivity index (χ0v) is 9.21. The number of carbonyl (C=O) groups is 2. The van der Waals surface area contributed by atoms with Crippen LogP contribution in [0.3, 0.4) is 0 Å². The van der Waals surface area contributed by atoms with E-state index in [0.29, 0.717) is 0 Å². The average molecular weight is 219 g/mol. The summed E-state index contributed by atoms with van der Waals surface area (Å²) in [5, 5.41) is 0. The summed E-state index contributed by atoms with van der Waals surface area (Å²) in [6.45, 7) is 1.31. The number of nitrogens with zero attached hydrogens (tertiary/aromatic N) is 1. The van der Waals surface area contributed by atoms with Crippen molar-refractivity contribution in [3.63, 3.8) is 0 Å². The van der Waals surface area contributed by atoms with Crippen molar-refractivity contribution >= 4 is 11.9 Å². The first-order valence-corrected chi connectivity index (χ1v) is 5.10. The Morgan fingerprint density at radius 2 is 1.94 bits per heavy atom. The molecule has 0 unspecified atom stereocenters. The van der Waals surface area contributed by atoms with Gasteiger partial charge < -0.3 is 9.64 Å². The van der Waals surface area contributed by atoms with Crippen molar-refractivity contribution in [2.24, 2.45) is 0 Å². The molecule has 4 nitrogen and oxygen atoms in total. The highest BCUT2D eigenvalue weighted by molar-refractivity contribution is 5.90. The molecule has 0 radical (unpaired) electrons. The smallest absolute Gasteiger partial charge is 0.303 e. The second-order valence-corrected chi connectivity index (χ2v) is 3.83. The van der Waals surface area contributed by atoms with Gasteiger partial charge in [-0.2, -0.15) is 0 Å². The number of β-lactam (4-membered cyclic amide) rings is 1. The van der Waals surface area contributed by atoms with Gasteiger partial charge in [-0.25, -0.2) is 0 Å². The standard InChI is InChI=1S/C12H13NO3/c1-8(14)16-11-10(13(2)12(11)15)9-6-4-3-5-7-9/h3-7,10-11H,1-2H3/t10-,11+/m1/s1. The van der Waals surface area contributed by atoms with Crippen LogP contribution in [0.1, 0.15) is 18.5 Å². The highest BCUT2D eigenvalue weighted by Gasteiger charge is 2.48. The first kappa shape index (κ1) is 10.7. The fraction of sp³-hybridized carbons (Fsp3) is 0.333. The summed E-state index contributed by atoms with van der Waals surface area (Å²) in [4.78, 5) is 24.0. The molecule has 1 heterocycles. The summed E-state index contributed by atoms with van der Waals surface area (Å²) in [7, 11) is 1.71. The molecule has 0 saturated carbocycles. The number of rotatable bonds is 2. The van der Waals surface area contributed by atoms with Gasteiger partial charge in [-0.3, -0.25) is 9.59 Å². The molecule has 1 saturated heterocycles. The van der Waals surface area contributed by atoms with Crippen LogP contribution in [0.25, 0.3) is 0 Å². The van der Waals surface area contributed by atoms with Gasteiger partial charge in [-0.05, 0) is 5.56 Å². The van der Waals surface area contributed by atoms with Crippen molar-refractivity contribution in [2.75, 3.05) is 7.05 Å². The predicted molar refractivity (Wildman–Crippen MR) is 57.5 cm³/mol. The van der Waals surface area contributed by atoms with Gasteiger partial charge in [0, 0.05) is 14.0 Å². The third-order valence-electron chi connectivity index (χ3n) is 2.73. The second-order valence-electron chi connectivity index (χ2n) is 3.83. The van der Waals surface area contributed by atoms with Crippen LogP contribution in [0, 0.1) is 0 Å². The van der Waals surface area contributed by atoms with Gasteiger partial charge in [0.15, 0.2) is 0 Å². The first-order valence-electron chi connectivity index (χ1n) is 5.10. The zero-order valence-electron chi connectivity index (χ0n) is 9.21. The Kier molecular flexibility index (Phi) is 2.64. The number of likely N-dealkylation sites (tertiary alicyclic amines) is 1. The van der Waals surface area contributed by atoms with E-state index in [-0.39, 0.29) is 11.9 Å². The monoisotopic (exact) mass is 219 g/mol. The summed E-state index contributed by atoms with van der Waals surface area (Å²) >= 11 is 0. The van der Waals surface area contributed by atoms with E-state index >= 15 is 0 Å². The van der Waals surface area contributed by atoms with E-state index in [0.717, 1.165) is 5.56 Å². The molecule has 84 valence electrons. The van der Waals surface area contributed by atoms with Crippen LogP contribution in [0.15, 0.2) is 30.3 Å². The summed E-state index contributed by atoms with van der Waals surface area (Å²) in [5.74, 6) is -0.573. The molecule has 1 aliphatic rings. The van der Waals surface area contributed by atoms with Crippen LogP contribution in [-0.2, 0) is 14.3 Å². The van der Waals surface area contributed by atoms with Crippen molar-refractivity contribution in [3.05, 3.63) is 35.9 Å². The minimum absolute atomic E-state index is 0.149. The highest BCUT2D eigenvalue weighted by Crippen LogP contribution is 2.35. The van der Waals surface area contributed by atoms with E-state index in [1.165, 1.54) is 6.92 Å². The van der Waals surface area contributed by atoms with Gasteiger partial charge in [0.05, 0.1) is 0 Å². The number of amides is 1. The molecule has 0 aromatic heterocycles. The van der Waals surface area contributed by atoms with Crippen LogP contribution in [0.2, 0.25) is 0 Å². The SMILES string of the molecule is CC(=O)O[C@@H]1C(=O)N(C)[C@@H]1c1ccccc1. The molecule has 1 aliphatic heterocycles. The van der Waals surface area contributed by atoms with Crippen LogP contribution < -0.4 is 0 Å². The van der Waals surface area contributed by atoms with Gasteiger partial charge in [0.25, 0.3) is 5.91 Å². The Bertz CT molecular complexity index is 416. The van der Waals surface area contributed by atoms with Gasteiger partial charge >= 0.3 is 5.97 Å². The topological polar surface area (TPSA) is 46.6 Å². The molecule has 2 rings (SSSR count). The number of ether oxygens (including phenoxy) is 1. The maximum absolute atomic E-state index is 11.5. The minimum atomic E-state index is -0.662. The number of carbonyl (C=O) groups excluding carboxylic acids is 2.